The van der Waals surface area contributed by atoms with Crippen LogP contribution in [0.5, 0.6) is 0 Å². The molecule has 0 saturated carbocycles. The maximum atomic E-state index is 13.5. The lowest BCUT2D eigenvalue weighted by molar-refractivity contribution is 0.0481. The molecule has 20 heavy (non-hydrogen) atoms. The average Bonchev–Trinajstić information content (AvgIpc) is 2.58. The molecule has 1 aromatic rings. The molecule has 0 aromatic heterocycles. The molecule has 0 amide bonds. The summed E-state index contributed by atoms with van der Waals surface area (Å²) in [4.78, 5) is 2.27. The predicted molar refractivity (Wildman–Crippen MR) is 80.5 cm³/mol. The van der Waals surface area contributed by atoms with Gasteiger partial charge < -0.3 is 15.3 Å². The van der Waals surface area contributed by atoms with Crippen LogP contribution in [-0.4, -0.2) is 30.3 Å². The molecule has 0 aliphatic carbocycles. The van der Waals surface area contributed by atoms with Crippen molar-refractivity contribution in [3.05, 3.63) is 29.6 Å². The summed E-state index contributed by atoms with van der Waals surface area (Å²) in [5, 5.41) is 13.4. The summed E-state index contributed by atoms with van der Waals surface area (Å²) in [5.41, 5.74) is 1.51. The van der Waals surface area contributed by atoms with Gasteiger partial charge in [-0.3, -0.25) is 0 Å². The van der Waals surface area contributed by atoms with Crippen molar-refractivity contribution in [2.75, 3.05) is 24.5 Å². The van der Waals surface area contributed by atoms with E-state index in [1.807, 2.05) is 19.9 Å². The lowest BCUT2D eigenvalue weighted by Crippen LogP contribution is -2.29. The van der Waals surface area contributed by atoms with Crippen molar-refractivity contribution < 1.29 is 9.50 Å². The first-order valence-corrected chi connectivity index (χ1v) is 7.48. The second-order valence-electron chi connectivity index (χ2n) is 5.89. The van der Waals surface area contributed by atoms with E-state index in [2.05, 4.69) is 10.2 Å². The maximum absolute atomic E-state index is 13.5. The molecule has 3 nitrogen and oxygen atoms in total. The minimum Gasteiger partial charge on any atom is -0.390 e. The molecule has 1 unspecified atom stereocenters. The first kappa shape index (κ1) is 15.3. The van der Waals surface area contributed by atoms with Gasteiger partial charge >= 0.3 is 0 Å². The van der Waals surface area contributed by atoms with Crippen LogP contribution in [0.3, 0.4) is 0 Å². The first-order chi connectivity index (χ1) is 9.52. The fraction of sp³-hybridized carbons (Fsp3) is 0.625. The van der Waals surface area contributed by atoms with Crippen LogP contribution in [0.25, 0.3) is 0 Å². The van der Waals surface area contributed by atoms with Crippen molar-refractivity contribution in [3.8, 4) is 0 Å². The number of nitrogens with one attached hydrogen (secondary N) is 1. The Morgan fingerprint density at radius 3 is 2.90 bits per heavy atom. The SMILES string of the molecule is CCNCc1cc(F)ccc1N1CCCC(C)(O)CC1. The number of rotatable bonds is 4. The van der Waals surface area contributed by atoms with Crippen molar-refractivity contribution in [3.63, 3.8) is 0 Å². The van der Waals surface area contributed by atoms with Crippen LogP contribution in [0.1, 0.15) is 38.7 Å². The molecule has 112 valence electrons. The first-order valence-electron chi connectivity index (χ1n) is 7.48. The zero-order chi connectivity index (χ0) is 14.6. The molecule has 1 fully saturated rings. The van der Waals surface area contributed by atoms with Gasteiger partial charge in [0.05, 0.1) is 5.60 Å². The standard InChI is InChI=1S/C16H25FN2O/c1-3-18-12-13-11-14(17)5-6-15(13)19-9-4-7-16(2,20)8-10-19/h5-6,11,18,20H,3-4,7-10,12H2,1-2H3. The molecule has 2 N–H and O–H groups in total. The van der Waals surface area contributed by atoms with Gasteiger partial charge in [-0.1, -0.05) is 6.92 Å². The van der Waals surface area contributed by atoms with Crippen LogP contribution < -0.4 is 10.2 Å². The molecule has 1 aromatic carbocycles. The van der Waals surface area contributed by atoms with Gasteiger partial charge in [-0.2, -0.15) is 0 Å². The third-order valence-corrected chi connectivity index (χ3v) is 4.01. The molecule has 1 saturated heterocycles. The summed E-state index contributed by atoms with van der Waals surface area (Å²) in [6, 6.07) is 5.00. The van der Waals surface area contributed by atoms with E-state index in [9.17, 15) is 9.50 Å². The van der Waals surface area contributed by atoms with Gasteiger partial charge in [0.15, 0.2) is 0 Å². The van der Waals surface area contributed by atoms with E-state index in [4.69, 9.17) is 0 Å². The van der Waals surface area contributed by atoms with E-state index >= 15 is 0 Å². The molecule has 0 radical (unpaired) electrons. The van der Waals surface area contributed by atoms with Crippen molar-refractivity contribution >= 4 is 5.69 Å². The quantitative estimate of drug-likeness (QED) is 0.890. The summed E-state index contributed by atoms with van der Waals surface area (Å²) < 4.78 is 13.5. The molecule has 4 heteroatoms. The van der Waals surface area contributed by atoms with Gasteiger partial charge in [-0.15, -0.1) is 0 Å². The van der Waals surface area contributed by atoms with Gasteiger partial charge in [-0.25, -0.2) is 4.39 Å². The van der Waals surface area contributed by atoms with Crippen molar-refractivity contribution in [2.24, 2.45) is 0 Å². The van der Waals surface area contributed by atoms with E-state index in [1.165, 1.54) is 6.07 Å². The second kappa shape index (κ2) is 6.55. The molecule has 1 aliphatic rings. The van der Waals surface area contributed by atoms with E-state index in [1.54, 1.807) is 6.07 Å². The Hall–Kier alpha value is -1.13. The van der Waals surface area contributed by atoms with Gasteiger partial charge in [0, 0.05) is 25.3 Å². The summed E-state index contributed by atoms with van der Waals surface area (Å²) in [7, 11) is 0. The topological polar surface area (TPSA) is 35.5 Å². The zero-order valence-corrected chi connectivity index (χ0v) is 12.5. The second-order valence-corrected chi connectivity index (χ2v) is 5.89. The Morgan fingerprint density at radius 2 is 2.15 bits per heavy atom. The average molecular weight is 280 g/mol. The van der Waals surface area contributed by atoms with Crippen LogP contribution >= 0.6 is 0 Å². The normalized spacial score (nSPS) is 23.7. The highest BCUT2D eigenvalue weighted by molar-refractivity contribution is 5.54. The van der Waals surface area contributed by atoms with Gasteiger partial charge in [0.25, 0.3) is 0 Å². The lowest BCUT2D eigenvalue weighted by Gasteiger charge is -2.26. The number of hydrogen-bond acceptors (Lipinski definition) is 3. The van der Waals surface area contributed by atoms with Crippen molar-refractivity contribution in [1.82, 2.24) is 5.32 Å². The zero-order valence-electron chi connectivity index (χ0n) is 12.5. The Labute approximate surface area is 120 Å². The Balaban J connectivity index is 2.18. The number of hydrogen-bond donors (Lipinski definition) is 2. The number of anilines is 1. The molecule has 0 bridgehead atoms. The highest BCUT2D eigenvalue weighted by atomic mass is 19.1. The number of nitrogens with zero attached hydrogens (tertiary/aromatic N) is 1. The van der Waals surface area contributed by atoms with Crippen molar-refractivity contribution in [2.45, 2.75) is 45.3 Å². The summed E-state index contributed by atoms with van der Waals surface area (Å²) >= 11 is 0. The third kappa shape index (κ3) is 3.93. The van der Waals surface area contributed by atoms with Crippen LogP contribution in [-0.2, 0) is 6.54 Å². The number of halogens is 1. The molecule has 1 atom stereocenters. The van der Waals surface area contributed by atoms with E-state index in [-0.39, 0.29) is 5.82 Å². The van der Waals surface area contributed by atoms with E-state index in [0.717, 1.165) is 50.1 Å². The Kier molecular flexibility index (Phi) is 5.00. The largest absolute Gasteiger partial charge is 0.390 e. The monoisotopic (exact) mass is 280 g/mol. The predicted octanol–water partition coefficient (Wildman–Crippen LogP) is 2.68. The molecular formula is C16H25FN2O. The Bertz CT molecular complexity index is 448. The van der Waals surface area contributed by atoms with Gasteiger partial charge in [-0.05, 0) is 56.5 Å². The Morgan fingerprint density at radius 1 is 1.35 bits per heavy atom. The molecule has 1 heterocycles. The molecule has 2 rings (SSSR count). The lowest BCUT2D eigenvalue weighted by atomic mass is 9.98. The van der Waals surface area contributed by atoms with Crippen LogP contribution in [0, 0.1) is 5.82 Å². The van der Waals surface area contributed by atoms with Crippen LogP contribution in [0.2, 0.25) is 0 Å². The number of aliphatic hydroxyl groups is 1. The van der Waals surface area contributed by atoms with Crippen molar-refractivity contribution in [1.29, 1.82) is 0 Å². The van der Waals surface area contributed by atoms with Gasteiger partial charge in [0.2, 0.25) is 0 Å². The smallest absolute Gasteiger partial charge is 0.123 e. The highest BCUT2D eigenvalue weighted by Crippen LogP contribution is 2.28. The van der Waals surface area contributed by atoms with E-state index in [0.29, 0.717) is 6.54 Å². The fourth-order valence-electron chi connectivity index (χ4n) is 2.77. The maximum Gasteiger partial charge on any atom is 0.123 e. The number of benzene rings is 1. The fourth-order valence-corrected chi connectivity index (χ4v) is 2.77. The third-order valence-electron chi connectivity index (χ3n) is 4.01. The summed E-state index contributed by atoms with van der Waals surface area (Å²) in [6.07, 6.45) is 2.54. The highest BCUT2D eigenvalue weighted by Gasteiger charge is 2.25. The molecule has 0 spiro atoms. The molecular weight excluding hydrogens is 255 g/mol. The van der Waals surface area contributed by atoms with Gasteiger partial charge in [0.1, 0.15) is 5.82 Å². The van der Waals surface area contributed by atoms with Crippen LogP contribution in [0.4, 0.5) is 10.1 Å². The van der Waals surface area contributed by atoms with Crippen LogP contribution in [0.15, 0.2) is 18.2 Å². The minimum atomic E-state index is -0.573. The molecule has 1 aliphatic heterocycles. The van der Waals surface area contributed by atoms with E-state index < -0.39 is 5.60 Å². The summed E-state index contributed by atoms with van der Waals surface area (Å²) in [5.74, 6) is -0.191. The minimum absolute atomic E-state index is 0.191. The summed E-state index contributed by atoms with van der Waals surface area (Å²) in [6.45, 7) is 7.22.